The molecule has 1 aromatic heterocycles. The molecule has 0 bridgehead atoms. The van der Waals surface area contributed by atoms with Gasteiger partial charge in [0.25, 0.3) is 0 Å². The third kappa shape index (κ3) is 2.64. The second-order valence-electron chi connectivity index (χ2n) is 5.30. The van der Waals surface area contributed by atoms with Crippen molar-refractivity contribution in [2.75, 3.05) is 7.11 Å². The van der Waals surface area contributed by atoms with Crippen molar-refractivity contribution in [1.29, 1.82) is 0 Å². The van der Waals surface area contributed by atoms with Gasteiger partial charge in [-0.3, -0.25) is 4.98 Å². The minimum absolute atomic E-state index is 0.357. The number of hydrogen-bond donors (Lipinski definition) is 1. The molecule has 4 heteroatoms. The molecule has 1 aromatic rings. The third-order valence-corrected chi connectivity index (χ3v) is 4.02. The summed E-state index contributed by atoms with van der Waals surface area (Å²) in [5.74, 6) is 1.41. The van der Waals surface area contributed by atoms with Crippen LogP contribution in [0.3, 0.4) is 0 Å². The Morgan fingerprint density at radius 3 is 2.61 bits per heavy atom. The summed E-state index contributed by atoms with van der Waals surface area (Å²) in [6, 6.07) is 0. The van der Waals surface area contributed by atoms with Crippen molar-refractivity contribution in [2.24, 2.45) is 11.7 Å². The number of nitrogens with zero attached hydrogens (tertiary/aromatic N) is 2. The summed E-state index contributed by atoms with van der Waals surface area (Å²) in [5, 5.41) is 0. The molecule has 1 heterocycles. The predicted octanol–water partition coefficient (Wildman–Crippen LogP) is 2.63. The molecule has 2 N–H and O–H groups in total. The Morgan fingerprint density at radius 1 is 1.33 bits per heavy atom. The average Bonchev–Trinajstić information content (AvgIpc) is 2.42. The lowest BCUT2D eigenvalue weighted by Crippen LogP contribution is -2.41. The molecule has 18 heavy (non-hydrogen) atoms. The van der Waals surface area contributed by atoms with Crippen molar-refractivity contribution in [3.63, 3.8) is 0 Å². The van der Waals surface area contributed by atoms with E-state index in [9.17, 15) is 0 Å². The number of nitrogens with two attached hydrogens (primary N) is 1. The molecule has 4 nitrogen and oxygen atoms in total. The highest BCUT2D eigenvalue weighted by atomic mass is 16.5. The molecule has 0 aliphatic heterocycles. The maximum atomic E-state index is 6.53. The number of aromatic nitrogens is 2. The van der Waals surface area contributed by atoms with E-state index in [1.54, 1.807) is 19.5 Å². The number of ether oxygens (including phenoxy) is 1. The van der Waals surface area contributed by atoms with Crippen molar-refractivity contribution in [3.05, 3.63) is 18.1 Å². The minimum Gasteiger partial charge on any atom is -0.480 e. The Kier molecular flexibility index (Phi) is 4.17. The standard InChI is InChI=1S/C14H23N3O/c1-3-4-11-5-7-14(15,8-6-11)12-13(18-2)17-10-9-16-12/h9-11H,3-8,15H2,1-2H3. The molecular formula is C14H23N3O. The fourth-order valence-corrected chi connectivity index (χ4v) is 2.94. The van der Waals surface area contributed by atoms with Gasteiger partial charge in [0.05, 0.1) is 12.6 Å². The molecule has 1 aliphatic rings. The highest BCUT2D eigenvalue weighted by Gasteiger charge is 2.36. The van der Waals surface area contributed by atoms with E-state index in [0.29, 0.717) is 5.88 Å². The van der Waals surface area contributed by atoms with Gasteiger partial charge >= 0.3 is 0 Å². The van der Waals surface area contributed by atoms with Gasteiger partial charge in [-0.25, -0.2) is 4.98 Å². The lowest BCUT2D eigenvalue weighted by molar-refractivity contribution is 0.214. The normalized spacial score (nSPS) is 28.1. The third-order valence-electron chi connectivity index (χ3n) is 4.02. The lowest BCUT2D eigenvalue weighted by atomic mass is 9.74. The first-order valence-electron chi connectivity index (χ1n) is 6.84. The van der Waals surface area contributed by atoms with Gasteiger partial charge in [-0.1, -0.05) is 19.8 Å². The zero-order valence-corrected chi connectivity index (χ0v) is 11.4. The summed E-state index contributed by atoms with van der Waals surface area (Å²) in [6.07, 6.45) is 10.2. The Bertz CT molecular complexity index is 386. The Labute approximate surface area is 109 Å². The van der Waals surface area contributed by atoms with Crippen molar-refractivity contribution >= 4 is 0 Å². The van der Waals surface area contributed by atoms with E-state index < -0.39 is 0 Å². The number of methoxy groups -OCH3 is 1. The quantitative estimate of drug-likeness (QED) is 0.891. The van der Waals surface area contributed by atoms with Gasteiger partial charge in [-0.2, -0.15) is 0 Å². The van der Waals surface area contributed by atoms with Crippen LogP contribution in [0.4, 0.5) is 0 Å². The molecule has 2 rings (SSSR count). The first kappa shape index (κ1) is 13.3. The highest BCUT2D eigenvalue weighted by molar-refractivity contribution is 5.26. The fourth-order valence-electron chi connectivity index (χ4n) is 2.94. The van der Waals surface area contributed by atoms with Crippen LogP contribution < -0.4 is 10.5 Å². The maximum absolute atomic E-state index is 6.53. The van der Waals surface area contributed by atoms with E-state index in [1.807, 2.05) is 0 Å². The van der Waals surface area contributed by atoms with Gasteiger partial charge < -0.3 is 10.5 Å². The van der Waals surface area contributed by atoms with Crippen LogP contribution in [0.1, 0.15) is 51.1 Å². The SMILES string of the molecule is CCCC1CCC(N)(c2nccnc2OC)CC1. The van der Waals surface area contributed by atoms with Gasteiger partial charge in [0, 0.05) is 12.4 Å². The molecule has 0 amide bonds. The summed E-state index contributed by atoms with van der Waals surface area (Å²) < 4.78 is 5.28. The van der Waals surface area contributed by atoms with Gasteiger partial charge in [0.15, 0.2) is 0 Å². The lowest BCUT2D eigenvalue weighted by Gasteiger charge is -2.36. The Hall–Kier alpha value is -1.16. The predicted molar refractivity (Wildman–Crippen MR) is 71.3 cm³/mol. The molecule has 0 saturated heterocycles. The summed E-state index contributed by atoms with van der Waals surface area (Å²) >= 11 is 0. The molecule has 0 atom stereocenters. The number of hydrogen-bond acceptors (Lipinski definition) is 4. The largest absolute Gasteiger partial charge is 0.480 e. The molecule has 100 valence electrons. The molecule has 0 spiro atoms. The molecular weight excluding hydrogens is 226 g/mol. The van der Waals surface area contributed by atoms with Crippen LogP contribution in [-0.2, 0) is 5.54 Å². The van der Waals surface area contributed by atoms with Crippen LogP contribution in [0.15, 0.2) is 12.4 Å². The maximum Gasteiger partial charge on any atom is 0.237 e. The van der Waals surface area contributed by atoms with Crippen molar-refractivity contribution in [3.8, 4) is 5.88 Å². The van der Waals surface area contributed by atoms with Crippen LogP contribution in [0, 0.1) is 5.92 Å². The topological polar surface area (TPSA) is 61.0 Å². The molecule has 1 fully saturated rings. The zero-order valence-electron chi connectivity index (χ0n) is 11.4. The number of rotatable bonds is 4. The van der Waals surface area contributed by atoms with Crippen molar-refractivity contribution < 1.29 is 4.74 Å². The van der Waals surface area contributed by atoms with E-state index in [0.717, 1.165) is 24.5 Å². The average molecular weight is 249 g/mol. The Balaban J connectivity index is 2.13. The van der Waals surface area contributed by atoms with Crippen molar-refractivity contribution in [2.45, 2.75) is 51.0 Å². The molecule has 0 radical (unpaired) electrons. The van der Waals surface area contributed by atoms with Crippen LogP contribution >= 0.6 is 0 Å². The smallest absolute Gasteiger partial charge is 0.237 e. The van der Waals surface area contributed by atoms with Gasteiger partial charge in [-0.05, 0) is 31.6 Å². The Morgan fingerprint density at radius 2 is 2.00 bits per heavy atom. The van der Waals surface area contributed by atoms with Crippen LogP contribution in [0.25, 0.3) is 0 Å². The zero-order chi connectivity index (χ0) is 13.0. The van der Waals surface area contributed by atoms with E-state index in [-0.39, 0.29) is 5.54 Å². The summed E-state index contributed by atoms with van der Waals surface area (Å²) in [6.45, 7) is 2.25. The van der Waals surface area contributed by atoms with Crippen molar-refractivity contribution in [1.82, 2.24) is 9.97 Å². The summed E-state index contributed by atoms with van der Waals surface area (Å²) in [4.78, 5) is 8.61. The fraction of sp³-hybridized carbons (Fsp3) is 0.714. The van der Waals surface area contributed by atoms with Gasteiger partial charge in [0.1, 0.15) is 5.69 Å². The van der Waals surface area contributed by atoms with Crippen LogP contribution in [0.2, 0.25) is 0 Å². The van der Waals surface area contributed by atoms with Crippen LogP contribution in [-0.4, -0.2) is 17.1 Å². The minimum atomic E-state index is -0.357. The van der Waals surface area contributed by atoms with Crippen LogP contribution in [0.5, 0.6) is 5.88 Å². The van der Waals surface area contributed by atoms with E-state index in [1.165, 1.54) is 25.7 Å². The molecule has 1 aliphatic carbocycles. The second-order valence-corrected chi connectivity index (χ2v) is 5.30. The molecule has 0 unspecified atom stereocenters. The molecule has 0 aromatic carbocycles. The summed E-state index contributed by atoms with van der Waals surface area (Å²) in [5.41, 5.74) is 7.00. The first-order valence-corrected chi connectivity index (χ1v) is 6.84. The molecule has 1 saturated carbocycles. The van der Waals surface area contributed by atoms with E-state index in [4.69, 9.17) is 10.5 Å². The van der Waals surface area contributed by atoms with E-state index in [2.05, 4.69) is 16.9 Å². The second kappa shape index (κ2) is 5.65. The van der Waals surface area contributed by atoms with E-state index >= 15 is 0 Å². The van der Waals surface area contributed by atoms with Gasteiger partial charge in [-0.15, -0.1) is 0 Å². The highest BCUT2D eigenvalue weighted by Crippen LogP contribution is 2.40. The monoisotopic (exact) mass is 249 g/mol. The first-order chi connectivity index (χ1) is 8.69. The summed E-state index contributed by atoms with van der Waals surface area (Å²) in [7, 11) is 1.62. The van der Waals surface area contributed by atoms with Gasteiger partial charge in [0.2, 0.25) is 5.88 Å².